The molecule has 156 valence electrons. The fraction of sp³-hybridized carbons (Fsp3) is 0.429. The van der Waals surface area contributed by atoms with Crippen molar-refractivity contribution in [1.29, 1.82) is 0 Å². The highest BCUT2D eigenvalue weighted by Gasteiger charge is 2.23. The molecule has 0 N–H and O–H groups in total. The van der Waals surface area contributed by atoms with Crippen LogP contribution >= 0.6 is 23.2 Å². The Bertz CT molecular complexity index is 809. The first kappa shape index (κ1) is 21.8. The highest BCUT2D eigenvalue weighted by atomic mass is 35.5. The predicted octanol–water partition coefficient (Wildman–Crippen LogP) is 3.76. The van der Waals surface area contributed by atoms with E-state index >= 15 is 0 Å². The van der Waals surface area contributed by atoms with Crippen molar-refractivity contribution in [3.05, 3.63) is 57.7 Å². The van der Waals surface area contributed by atoms with Crippen LogP contribution in [0.4, 0.5) is 0 Å². The van der Waals surface area contributed by atoms with E-state index in [1.165, 1.54) is 0 Å². The van der Waals surface area contributed by atoms with E-state index in [-0.39, 0.29) is 5.91 Å². The molecule has 0 bridgehead atoms. The summed E-state index contributed by atoms with van der Waals surface area (Å²) >= 11 is 12.4. The Labute approximate surface area is 181 Å². The average molecular weight is 438 g/mol. The van der Waals surface area contributed by atoms with Gasteiger partial charge in [0.2, 0.25) is 5.88 Å². The van der Waals surface area contributed by atoms with E-state index < -0.39 is 0 Å². The van der Waals surface area contributed by atoms with Crippen LogP contribution in [-0.2, 0) is 11.3 Å². The third-order valence-corrected chi connectivity index (χ3v) is 5.67. The number of methoxy groups -OCH3 is 1. The number of nitrogens with zero attached hydrogens (tertiary/aromatic N) is 3. The Hall–Kier alpha value is -1.86. The van der Waals surface area contributed by atoms with Crippen molar-refractivity contribution in [3.63, 3.8) is 0 Å². The lowest BCUT2D eigenvalue weighted by atomic mass is 10.2. The number of benzene rings is 1. The average Bonchev–Trinajstić information content (AvgIpc) is 2.75. The van der Waals surface area contributed by atoms with Gasteiger partial charge in [-0.15, -0.1) is 0 Å². The molecule has 1 amide bonds. The van der Waals surface area contributed by atoms with Crippen LogP contribution in [0.5, 0.6) is 5.88 Å². The molecule has 3 rings (SSSR count). The van der Waals surface area contributed by atoms with Crippen molar-refractivity contribution < 1.29 is 14.3 Å². The summed E-state index contributed by atoms with van der Waals surface area (Å²) in [7, 11) is 1.66. The van der Waals surface area contributed by atoms with Gasteiger partial charge in [-0.1, -0.05) is 35.3 Å². The van der Waals surface area contributed by atoms with Gasteiger partial charge in [0.15, 0.2) is 0 Å². The van der Waals surface area contributed by atoms with Crippen LogP contribution in [-0.4, -0.2) is 67.2 Å². The topological polar surface area (TPSA) is 54.9 Å². The second-order valence-corrected chi connectivity index (χ2v) is 7.65. The van der Waals surface area contributed by atoms with Crippen LogP contribution in [0.1, 0.15) is 22.3 Å². The molecule has 6 nitrogen and oxygen atoms in total. The van der Waals surface area contributed by atoms with Gasteiger partial charge in [-0.25, -0.2) is 4.98 Å². The van der Waals surface area contributed by atoms with Crippen molar-refractivity contribution >= 4 is 29.1 Å². The molecule has 0 spiro atoms. The third-order valence-electron chi connectivity index (χ3n) is 4.81. The molecule has 8 heteroatoms. The summed E-state index contributed by atoms with van der Waals surface area (Å²) in [4.78, 5) is 21.1. The van der Waals surface area contributed by atoms with Gasteiger partial charge in [0, 0.05) is 65.1 Å². The third kappa shape index (κ3) is 6.06. The number of halogens is 2. The summed E-state index contributed by atoms with van der Waals surface area (Å²) in [6.45, 7) is 4.78. The zero-order chi connectivity index (χ0) is 20.6. The zero-order valence-corrected chi connectivity index (χ0v) is 18.0. The summed E-state index contributed by atoms with van der Waals surface area (Å²) < 4.78 is 10.5. The Balaban J connectivity index is 1.49. The van der Waals surface area contributed by atoms with Gasteiger partial charge in [-0.2, -0.15) is 0 Å². The molecule has 0 radical (unpaired) electrons. The van der Waals surface area contributed by atoms with Crippen LogP contribution < -0.4 is 4.74 Å². The second kappa shape index (κ2) is 10.8. The smallest absolute Gasteiger partial charge is 0.255 e. The molecule has 29 heavy (non-hydrogen) atoms. The van der Waals surface area contributed by atoms with Crippen LogP contribution in [0.2, 0.25) is 10.0 Å². The molecular formula is C21H25Cl2N3O3. The number of piperazine rings is 1. The van der Waals surface area contributed by atoms with Gasteiger partial charge >= 0.3 is 0 Å². The van der Waals surface area contributed by atoms with Crippen LogP contribution in [0.3, 0.4) is 0 Å². The number of hydrogen-bond donors (Lipinski definition) is 0. The van der Waals surface area contributed by atoms with E-state index in [2.05, 4.69) is 9.88 Å². The summed E-state index contributed by atoms with van der Waals surface area (Å²) in [6, 6.07) is 9.17. The normalized spacial score (nSPS) is 14.8. The molecule has 0 atom stereocenters. The minimum absolute atomic E-state index is 0.0103. The molecule has 0 saturated carbocycles. The number of carbonyl (C=O) groups is 1. The van der Waals surface area contributed by atoms with Crippen molar-refractivity contribution in [3.8, 4) is 5.88 Å². The first-order valence-electron chi connectivity index (χ1n) is 9.61. The Morgan fingerprint density at radius 1 is 1.10 bits per heavy atom. The summed E-state index contributed by atoms with van der Waals surface area (Å²) in [5.41, 5.74) is 1.57. The minimum atomic E-state index is -0.0103. The fourth-order valence-corrected chi connectivity index (χ4v) is 3.56. The van der Waals surface area contributed by atoms with Crippen molar-refractivity contribution in [1.82, 2.24) is 14.8 Å². The van der Waals surface area contributed by atoms with Crippen LogP contribution in [0, 0.1) is 0 Å². The van der Waals surface area contributed by atoms with Gasteiger partial charge in [-0.05, 0) is 17.7 Å². The van der Waals surface area contributed by atoms with Gasteiger partial charge in [-0.3, -0.25) is 9.69 Å². The highest BCUT2D eigenvalue weighted by Crippen LogP contribution is 2.26. The van der Waals surface area contributed by atoms with E-state index in [0.717, 1.165) is 31.6 Å². The molecule has 1 fully saturated rings. The summed E-state index contributed by atoms with van der Waals surface area (Å²) in [6.07, 6.45) is 2.37. The largest absolute Gasteiger partial charge is 0.478 e. The number of amides is 1. The Kier molecular flexibility index (Phi) is 8.12. The van der Waals surface area contributed by atoms with Crippen molar-refractivity contribution in [2.75, 3.05) is 46.5 Å². The number of aromatic nitrogens is 1. The molecule has 0 unspecified atom stereocenters. The molecule has 1 aromatic carbocycles. The second-order valence-electron chi connectivity index (χ2n) is 6.86. The molecule has 1 saturated heterocycles. The molecule has 1 aliphatic heterocycles. The summed E-state index contributed by atoms with van der Waals surface area (Å²) in [5, 5.41) is 1.17. The first-order valence-corrected chi connectivity index (χ1v) is 10.4. The number of carbonyl (C=O) groups excluding carboxylic acids is 1. The maximum absolute atomic E-state index is 12.7. The SMILES string of the molecule is COCCCOc1ccc(C(=O)N2CCN(Cc3cccc(Cl)c3Cl)CC2)cn1. The van der Waals surface area contributed by atoms with Gasteiger partial charge in [0.1, 0.15) is 0 Å². The number of hydrogen-bond acceptors (Lipinski definition) is 5. The molecule has 0 aliphatic carbocycles. The molecule has 1 aliphatic rings. The van der Waals surface area contributed by atoms with Crippen molar-refractivity contribution in [2.24, 2.45) is 0 Å². The minimum Gasteiger partial charge on any atom is -0.478 e. The van der Waals surface area contributed by atoms with Gasteiger partial charge in [0.05, 0.1) is 22.2 Å². The van der Waals surface area contributed by atoms with E-state index in [0.29, 0.717) is 47.8 Å². The monoisotopic (exact) mass is 437 g/mol. The maximum Gasteiger partial charge on any atom is 0.255 e. The number of pyridine rings is 1. The standard InChI is InChI=1S/C21H25Cl2N3O3/c1-28-12-3-13-29-19-7-6-16(14-24-19)21(27)26-10-8-25(9-11-26)15-17-4-2-5-18(22)20(17)23/h2,4-7,14H,3,8-13,15H2,1H3. The van der Waals surface area contributed by atoms with Crippen LogP contribution in [0.25, 0.3) is 0 Å². The quantitative estimate of drug-likeness (QED) is 0.588. The zero-order valence-electron chi connectivity index (χ0n) is 16.4. The van der Waals surface area contributed by atoms with E-state index in [1.54, 1.807) is 31.5 Å². The Morgan fingerprint density at radius 2 is 1.90 bits per heavy atom. The molecule has 2 aromatic rings. The summed E-state index contributed by atoms with van der Waals surface area (Å²) in [5.74, 6) is 0.504. The van der Waals surface area contributed by atoms with Gasteiger partial charge < -0.3 is 14.4 Å². The fourth-order valence-electron chi connectivity index (χ4n) is 3.18. The predicted molar refractivity (Wildman–Crippen MR) is 114 cm³/mol. The maximum atomic E-state index is 12.7. The van der Waals surface area contributed by atoms with Gasteiger partial charge in [0.25, 0.3) is 5.91 Å². The highest BCUT2D eigenvalue weighted by molar-refractivity contribution is 6.42. The lowest BCUT2D eigenvalue weighted by Crippen LogP contribution is -2.48. The molecule has 2 heterocycles. The first-order chi connectivity index (χ1) is 14.1. The lowest BCUT2D eigenvalue weighted by molar-refractivity contribution is 0.0628. The number of rotatable bonds is 8. The molecular weight excluding hydrogens is 413 g/mol. The van der Waals surface area contributed by atoms with Crippen LogP contribution in [0.15, 0.2) is 36.5 Å². The van der Waals surface area contributed by atoms with E-state index in [9.17, 15) is 4.79 Å². The number of ether oxygens (including phenoxy) is 2. The van der Waals surface area contributed by atoms with E-state index in [1.807, 2.05) is 17.0 Å². The van der Waals surface area contributed by atoms with Crippen molar-refractivity contribution in [2.45, 2.75) is 13.0 Å². The molecule has 1 aromatic heterocycles. The van der Waals surface area contributed by atoms with E-state index in [4.69, 9.17) is 32.7 Å². The lowest BCUT2D eigenvalue weighted by Gasteiger charge is -2.35. The Morgan fingerprint density at radius 3 is 2.59 bits per heavy atom.